The number of aryl methyl sites for hydroxylation is 1. The van der Waals surface area contributed by atoms with E-state index in [1.807, 2.05) is 0 Å². The van der Waals surface area contributed by atoms with Gasteiger partial charge >= 0.3 is 6.18 Å². The van der Waals surface area contributed by atoms with Crippen LogP contribution in [0.15, 0.2) is 30.5 Å². The Morgan fingerprint density at radius 1 is 1.28 bits per heavy atom. The molecule has 0 unspecified atom stereocenters. The zero-order valence-corrected chi connectivity index (χ0v) is 15.9. The molecule has 0 aliphatic carbocycles. The average molecular weight is 422 g/mol. The first kappa shape index (κ1) is 20.7. The maximum Gasteiger partial charge on any atom is 0.419 e. The van der Waals surface area contributed by atoms with E-state index in [0.29, 0.717) is 18.1 Å². The van der Waals surface area contributed by atoms with Crippen LogP contribution in [0.4, 0.5) is 28.9 Å². The quantitative estimate of drug-likeness (QED) is 0.532. The number of benzene rings is 1. The Balaban J connectivity index is 2.09. The topological polar surface area (TPSA) is 60.2 Å². The highest BCUT2D eigenvalue weighted by Gasteiger charge is 2.37. The van der Waals surface area contributed by atoms with Gasteiger partial charge in [0.1, 0.15) is 11.9 Å². The molecule has 1 aliphatic heterocycles. The van der Waals surface area contributed by atoms with Crippen LogP contribution in [0.2, 0.25) is 0 Å². The van der Waals surface area contributed by atoms with Crippen LogP contribution in [0, 0.1) is 24.1 Å². The van der Waals surface area contributed by atoms with Crippen LogP contribution < -0.4 is 9.80 Å². The third kappa shape index (κ3) is 4.05. The lowest BCUT2D eigenvalue weighted by Gasteiger charge is -2.30. The molecule has 3 rings (SSSR count). The first-order valence-electron chi connectivity index (χ1n) is 8.51. The van der Waals surface area contributed by atoms with Crippen molar-refractivity contribution in [1.29, 1.82) is 5.26 Å². The SMILES string of the molecule is Cc1ccc(N2CCCC(=O)N(c3cnc(C#N)c(C(F)(F)F)c3)C2=S)c(F)c1. The van der Waals surface area contributed by atoms with Gasteiger partial charge in [0.15, 0.2) is 10.8 Å². The Labute approximate surface area is 169 Å². The number of pyridine rings is 1. The van der Waals surface area contributed by atoms with Crippen LogP contribution in [0.5, 0.6) is 0 Å². The molecule has 0 radical (unpaired) electrons. The molecule has 1 fully saturated rings. The summed E-state index contributed by atoms with van der Waals surface area (Å²) in [5, 5.41) is 8.75. The molecule has 1 aliphatic rings. The van der Waals surface area contributed by atoms with E-state index in [9.17, 15) is 22.4 Å². The molecule has 1 saturated heterocycles. The fraction of sp³-hybridized carbons (Fsp3) is 0.263. The number of anilines is 2. The zero-order valence-electron chi connectivity index (χ0n) is 15.1. The second-order valence-corrected chi connectivity index (χ2v) is 6.79. The summed E-state index contributed by atoms with van der Waals surface area (Å²) >= 11 is 5.36. The molecule has 0 spiro atoms. The highest BCUT2D eigenvalue weighted by atomic mass is 32.1. The van der Waals surface area contributed by atoms with E-state index < -0.39 is 29.2 Å². The number of carbonyl (C=O) groups excluding carboxylic acids is 1. The molecule has 0 N–H and O–H groups in total. The average Bonchev–Trinajstić information content (AvgIpc) is 2.79. The van der Waals surface area contributed by atoms with E-state index in [1.54, 1.807) is 13.0 Å². The lowest BCUT2D eigenvalue weighted by atomic mass is 10.1. The van der Waals surface area contributed by atoms with Crippen molar-refractivity contribution in [2.75, 3.05) is 16.3 Å². The number of aromatic nitrogens is 1. The summed E-state index contributed by atoms with van der Waals surface area (Å²) in [6.07, 6.45) is -3.52. The Kier molecular flexibility index (Phi) is 5.53. The number of carbonyl (C=O) groups is 1. The molecule has 10 heteroatoms. The summed E-state index contributed by atoms with van der Waals surface area (Å²) < 4.78 is 54.4. The fourth-order valence-electron chi connectivity index (χ4n) is 3.01. The molecule has 0 bridgehead atoms. The fourth-order valence-corrected chi connectivity index (χ4v) is 3.41. The monoisotopic (exact) mass is 422 g/mol. The van der Waals surface area contributed by atoms with E-state index in [0.717, 1.165) is 11.1 Å². The Bertz CT molecular complexity index is 1030. The van der Waals surface area contributed by atoms with Gasteiger partial charge in [-0.05, 0) is 49.3 Å². The van der Waals surface area contributed by atoms with E-state index in [-0.39, 0.29) is 29.5 Å². The van der Waals surface area contributed by atoms with Crippen molar-refractivity contribution >= 4 is 34.6 Å². The van der Waals surface area contributed by atoms with Gasteiger partial charge in [0, 0.05) is 13.0 Å². The number of rotatable bonds is 2. The number of halogens is 4. The van der Waals surface area contributed by atoms with Crippen LogP contribution in [0.3, 0.4) is 0 Å². The molecule has 1 amide bonds. The smallest absolute Gasteiger partial charge is 0.316 e. The lowest BCUT2D eigenvalue weighted by Crippen LogP contribution is -2.44. The van der Waals surface area contributed by atoms with Gasteiger partial charge in [-0.25, -0.2) is 9.37 Å². The predicted octanol–water partition coefficient (Wildman–Crippen LogP) is 4.34. The molecule has 150 valence electrons. The van der Waals surface area contributed by atoms with Gasteiger partial charge in [-0.15, -0.1) is 0 Å². The molecular formula is C19H14F4N4OS. The van der Waals surface area contributed by atoms with E-state index in [4.69, 9.17) is 17.5 Å². The van der Waals surface area contributed by atoms with Crippen LogP contribution in [0.25, 0.3) is 0 Å². The molecule has 29 heavy (non-hydrogen) atoms. The molecule has 1 aromatic heterocycles. The first-order valence-corrected chi connectivity index (χ1v) is 8.92. The van der Waals surface area contributed by atoms with Gasteiger partial charge in [-0.3, -0.25) is 9.69 Å². The maximum atomic E-state index is 14.5. The summed E-state index contributed by atoms with van der Waals surface area (Å²) in [5.41, 5.74) is -1.50. The first-order chi connectivity index (χ1) is 13.6. The molecule has 0 saturated carbocycles. The van der Waals surface area contributed by atoms with Crippen LogP contribution in [0.1, 0.15) is 29.7 Å². The molecule has 2 heterocycles. The molecule has 2 aromatic rings. The van der Waals surface area contributed by atoms with Gasteiger partial charge in [0.25, 0.3) is 0 Å². The second kappa shape index (κ2) is 7.75. The van der Waals surface area contributed by atoms with Crippen molar-refractivity contribution in [1.82, 2.24) is 4.98 Å². The van der Waals surface area contributed by atoms with Crippen molar-refractivity contribution in [2.24, 2.45) is 0 Å². The maximum absolute atomic E-state index is 14.5. The minimum Gasteiger partial charge on any atom is -0.316 e. The van der Waals surface area contributed by atoms with Crippen molar-refractivity contribution < 1.29 is 22.4 Å². The standard InChI is InChI=1S/C19H14F4N4OS/c1-11-4-5-16(14(20)7-11)26-6-2-3-17(28)27(18(26)29)12-8-13(19(21,22)23)15(9-24)25-10-12/h4-5,7-8,10H,2-3,6H2,1H3. The third-order valence-corrected chi connectivity index (χ3v) is 4.78. The minimum atomic E-state index is -4.84. The van der Waals surface area contributed by atoms with Crippen molar-refractivity contribution in [3.05, 3.63) is 53.1 Å². The largest absolute Gasteiger partial charge is 0.419 e. The van der Waals surface area contributed by atoms with Crippen molar-refractivity contribution in [3.63, 3.8) is 0 Å². The van der Waals surface area contributed by atoms with Crippen molar-refractivity contribution in [3.8, 4) is 6.07 Å². The summed E-state index contributed by atoms with van der Waals surface area (Å²) in [6, 6.07) is 6.52. The number of amides is 1. The second-order valence-electron chi connectivity index (χ2n) is 6.42. The van der Waals surface area contributed by atoms with Crippen LogP contribution in [-0.4, -0.2) is 22.5 Å². The normalized spacial score (nSPS) is 15.3. The summed E-state index contributed by atoms with van der Waals surface area (Å²) in [6.45, 7) is 1.93. The Morgan fingerprint density at radius 2 is 2.00 bits per heavy atom. The van der Waals surface area contributed by atoms with E-state index >= 15 is 0 Å². The number of nitriles is 1. The van der Waals surface area contributed by atoms with Crippen LogP contribution in [-0.2, 0) is 11.0 Å². The third-order valence-electron chi connectivity index (χ3n) is 4.38. The molecule has 0 atom stereocenters. The minimum absolute atomic E-state index is 0.00543. The van der Waals surface area contributed by atoms with Crippen LogP contribution >= 0.6 is 12.2 Å². The number of nitrogens with zero attached hydrogens (tertiary/aromatic N) is 4. The predicted molar refractivity (Wildman–Crippen MR) is 102 cm³/mol. The number of hydrogen-bond acceptors (Lipinski definition) is 4. The van der Waals surface area contributed by atoms with Gasteiger partial charge in [0.2, 0.25) is 5.91 Å². The lowest BCUT2D eigenvalue weighted by molar-refractivity contribution is -0.138. The summed E-state index contributed by atoms with van der Waals surface area (Å²) in [7, 11) is 0. The molecule has 5 nitrogen and oxygen atoms in total. The highest BCUT2D eigenvalue weighted by molar-refractivity contribution is 7.81. The number of thiocarbonyl (C=S) groups is 1. The zero-order chi connectivity index (χ0) is 21.3. The van der Waals surface area contributed by atoms with E-state index in [2.05, 4.69) is 4.98 Å². The Morgan fingerprint density at radius 3 is 2.62 bits per heavy atom. The Hall–Kier alpha value is -3.06. The number of hydrogen-bond donors (Lipinski definition) is 0. The number of alkyl halides is 3. The highest BCUT2D eigenvalue weighted by Crippen LogP contribution is 2.35. The summed E-state index contributed by atoms with van der Waals surface area (Å²) in [5.74, 6) is -1.10. The molecule has 1 aromatic carbocycles. The van der Waals surface area contributed by atoms with Gasteiger partial charge in [0.05, 0.1) is 23.1 Å². The van der Waals surface area contributed by atoms with Gasteiger partial charge < -0.3 is 4.90 Å². The van der Waals surface area contributed by atoms with E-state index in [1.165, 1.54) is 23.1 Å². The van der Waals surface area contributed by atoms with Crippen molar-refractivity contribution in [2.45, 2.75) is 25.9 Å². The van der Waals surface area contributed by atoms with Gasteiger partial charge in [-0.1, -0.05) is 6.07 Å². The van der Waals surface area contributed by atoms with Gasteiger partial charge in [-0.2, -0.15) is 18.4 Å². The summed E-state index contributed by atoms with van der Waals surface area (Å²) in [4.78, 5) is 18.4. The molecular weight excluding hydrogens is 408 g/mol.